The van der Waals surface area contributed by atoms with Crippen LogP contribution < -0.4 is 10.9 Å². The number of aromatic amines is 1. The van der Waals surface area contributed by atoms with Crippen LogP contribution in [0.2, 0.25) is 0 Å². The van der Waals surface area contributed by atoms with Crippen molar-refractivity contribution < 1.29 is 27.9 Å². The van der Waals surface area contributed by atoms with Gasteiger partial charge in [0.1, 0.15) is 5.56 Å². The highest BCUT2D eigenvalue weighted by molar-refractivity contribution is 5.94. The summed E-state index contributed by atoms with van der Waals surface area (Å²) in [7, 11) is 0. The number of carboxylic acids is 1. The van der Waals surface area contributed by atoms with Crippen LogP contribution >= 0.6 is 0 Å². The summed E-state index contributed by atoms with van der Waals surface area (Å²) in [5, 5.41) is 11.6. The van der Waals surface area contributed by atoms with E-state index in [9.17, 15) is 27.6 Å². The zero-order valence-corrected chi connectivity index (χ0v) is 17.4. The molecular formula is C24H21F3N2O4. The highest BCUT2D eigenvalue weighted by Gasteiger charge is 2.34. The topological polar surface area (TPSA) is 99.3 Å². The Labute approximate surface area is 187 Å². The fourth-order valence-corrected chi connectivity index (χ4v) is 3.37. The number of hydrogen-bond acceptors (Lipinski definition) is 3. The molecule has 0 spiro atoms. The van der Waals surface area contributed by atoms with E-state index in [1.807, 2.05) is 59.6 Å². The Bertz CT molecular complexity index is 1170. The number of pyridine rings is 1. The van der Waals surface area contributed by atoms with E-state index in [1.54, 1.807) is 0 Å². The molecule has 0 saturated carbocycles. The van der Waals surface area contributed by atoms with Crippen molar-refractivity contribution in [3.05, 3.63) is 93.9 Å². The van der Waals surface area contributed by atoms with Crippen LogP contribution in [0, 0.1) is 0 Å². The molecule has 3 aromatic rings. The Morgan fingerprint density at radius 3 is 2.24 bits per heavy atom. The first-order valence-electron chi connectivity index (χ1n) is 10.1. The minimum Gasteiger partial charge on any atom is -0.481 e. The fourth-order valence-electron chi connectivity index (χ4n) is 3.37. The van der Waals surface area contributed by atoms with E-state index in [-0.39, 0.29) is 24.8 Å². The number of nitrogens with one attached hydrogen (secondary N) is 2. The van der Waals surface area contributed by atoms with Crippen LogP contribution in [0.15, 0.2) is 71.7 Å². The van der Waals surface area contributed by atoms with Crippen LogP contribution in [-0.4, -0.2) is 28.0 Å². The van der Waals surface area contributed by atoms with E-state index < -0.39 is 35.2 Å². The van der Waals surface area contributed by atoms with Crippen molar-refractivity contribution in [2.24, 2.45) is 0 Å². The first-order valence-corrected chi connectivity index (χ1v) is 10.1. The van der Waals surface area contributed by atoms with Gasteiger partial charge in [0.2, 0.25) is 0 Å². The van der Waals surface area contributed by atoms with Crippen molar-refractivity contribution in [2.45, 2.75) is 31.5 Å². The molecular weight excluding hydrogens is 437 g/mol. The molecule has 1 aromatic heterocycles. The second kappa shape index (κ2) is 10.2. The molecule has 9 heteroatoms. The summed E-state index contributed by atoms with van der Waals surface area (Å²) in [6.07, 6.45) is -3.88. The zero-order chi connectivity index (χ0) is 24.0. The second-order valence-corrected chi connectivity index (χ2v) is 7.50. The van der Waals surface area contributed by atoms with E-state index in [1.165, 1.54) is 0 Å². The molecule has 172 valence electrons. The van der Waals surface area contributed by atoms with Gasteiger partial charge >= 0.3 is 12.1 Å². The summed E-state index contributed by atoms with van der Waals surface area (Å²) in [5.41, 5.74) is -0.366. The van der Waals surface area contributed by atoms with Crippen LogP contribution in [0.5, 0.6) is 0 Å². The van der Waals surface area contributed by atoms with E-state index in [2.05, 4.69) is 5.32 Å². The molecule has 0 fully saturated rings. The quantitative estimate of drug-likeness (QED) is 0.470. The number of hydrogen-bond donors (Lipinski definition) is 3. The van der Waals surface area contributed by atoms with E-state index >= 15 is 0 Å². The van der Waals surface area contributed by atoms with Gasteiger partial charge in [0.05, 0.1) is 5.56 Å². The van der Waals surface area contributed by atoms with Crippen molar-refractivity contribution in [2.75, 3.05) is 0 Å². The van der Waals surface area contributed by atoms with E-state index in [0.717, 1.165) is 22.9 Å². The van der Waals surface area contributed by atoms with E-state index in [4.69, 9.17) is 5.11 Å². The summed E-state index contributed by atoms with van der Waals surface area (Å²) in [5.74, 6) is -1.90. The third-order valence-electron chi connectivity index (χ3n) is 5.06. The number of benzene rings is 2. The van der Waals surface area contributed by atoms with Gasteiger partial charge in [0.15, 0.2) is 0 Å². The van der Waals surface area contributed by atoms with Crippen molar-refractivity contribution in [1.29, 1.82) is 0 Å². The van der Waals surface area contributed by atoms with Gasteiger partial charge in [0, 0.05) is 18.7 Å². The monoisotopic (exact) mass is 458 g/mol. The van der Waals surface area contributed by atoms with Crippen molar-refractivity contribution in [3.8, 4) is 11.1 Å². The number of halogens is 3. The number of carbonyl (C=O) groups is 2. The Kier molecular flexibility index (Phi) is 7.32. The fraction of sp³-hybridized carbons (Fsp3) is 0.208. The number of alkyl halides is 3. The highest BCUT2D eigenvalue weighted by Crippen LogP contribution is 2.26. The predicted molar refractivity (Wildman–Crippen MR) is 116 cm³/mol. The van der Waals surface area contributed by atoms with Gasteiger partial charge < -0.3 is 15.4 Å². The van der Waals surface area contributed by atoms with Gasteiger partial charge in [0.25, 0.3) is 11.5 Å². The summed E-state index contributed by atoms with van der Waals surface area (Å²) >= 11 is 0. The van der Waals surface area contributed by atoms with Crippen LogP contribution in [0.1, 0.15) is 34.3 Å². The van der Waals surface area contributed by atoms with Crippen molar-refractivity contribution in [3.63, 3.8) is 0 Å². The summed E-state index contributed by atoms with van der Waals surface area (Å²) < 4.78 is 39.0. The Morgan fingerprint density at radius 2 is 1.64 bits per heavy atom. The number of aromatic nitrogens is 1. The number of carboxylic acid groups (broad SMARTS) is 1. The molecule has 1 atom stereocenters. The molecule has 0 saturated heterocycles. The molecule has 3 rings (SSSR count). The van der Waals surface area contributed by atoms with Gasteiger partial charge in [-0.1, -0.05) is 54.6 Å². The highest BCUT2D eigenvalue weighted by atomic mass is 19.4. The maximum Gasteiger partial charge on any atom is 0.421 e. The number of aliphatic carboxylic acids is 1. The molecule has 6 nitrogen and oxygen atoms in total. The lowest BCUT2D eigenvalue weighted by Gasteiger charge is -2.19. The smallest absolute Gasteiger partial charge is 0.421 e. The van der Waals surface area contributed by atoms with Gasteiger partial charge in [-0.25, -0.2) is 0 Å². The summed E-state index contributed by atoms with van der Waals surface area (Å²) in [4.78, 5) is 37.0. The molecule has 1 amide bonds. The minimum atomic E-state index is -4.91. The molecule has 3 N–H and O–H groups in total. The van der Waals surface area contributed by atoms with Crippen molar-refractivity contribution in [1.82, 2.24) is 10.3 Å². The summed E-state index contributed by atoms with van der Waals surface area (Å²) in [6, 6.07) is 17.0. The summed E-state index contributed by atoms with van der Waals surface area (Å²) in [6.45, 7) is 0. The minimum absolute atomic E-state index is 0.0803. The van der Waals surface area contributed by atoms with E-state index in [0.29, 0.717) is 6.07 Å². The third kappa shape index (κ3) is 6.55. The molecule has 1 unspecified atom stereocenters. The SMILES string of the molecule is O=C(O)CCC(Cc1ccc(-c2ccccc2)cc1)NC(=O)c1c[nH]c(=O)c(C(F)(F)F)c1. The lowest BCUT2D eigenvalue weighted by Crippen LogP contribution is -2.37. The lowest BCUT2D eigenvalue weighted by molar-refractivity contribution is -0.139. The first-order chi connectivity index (χ1) is 15.6. The predicted octanol–water partition coefficient (Wildman–Crippen LogP) is 4.27. The molecule has 2 aromatic carbocycles. The molecule has 0 aliphatic carbocycles. The molecule has 0 radical (unpaired) electrons. The zero-order valence-electron chi connectivity index (χ0n) is 17.4. The average Bonchev–Trinajstić information content (AvgIpc) is 2.78. The Balaban J connectivity index is 1.77. The van der Waals surface area contributed by atoms with Crippen LogP contribution in [0.25, 0.3) is 11.1 Å². The Morgan fingerprint density at radius 1 is 1.00 bits per heavy atom. The van der Waals surface area contributed by atoms with Gasteiger partial charge in [-0.3, -0.25) is 14.4 Å². The molecule has 0 bridgehead atoms. The first kappa shape index (κ1) is 23.8. The average molecular weight is 458 g/mol. The number of carbonyl (C=O) groups excluding carboxylic acids is 1. The van der Waals surface area contributed by atoms with Crippen LogP contribution in [-0.2, 0) is 17.4 Å². The number of H-pyrrole nitrogens is 1. The van der Waals surface area contributed by atoms with Gasteiger partial charge in [-0.05, 0) is 35.6 Å². The molecule has 0 aliphatic rings. The van der Waals surface area contributed by atoms with Crippen molar-refractivity contribution >= 4 is 11.9 Å². The maximum atomic E-state index is 13.0. The van der Waals surface area contributed by atoms with Gasteiger partial charge in [-0.15, -0.1) is 0 Å². The molecule has 0 aliphatic heterocycles. The third-order valence-corrected chi connectivity index (χ3v) is 5.06. The maximum absolute atomic E-state index is 13.0. The van der Waals surface area contributed by atoms with Crippen LogP contribution in [0.4, 0.5) is 13.2 Å². The number of rotatable bonds is 8. The molecule has 33 heavy (non-hydrogen) atoms. The molecule has 1 heterocycles. The van der Waals surface area contributed by atoms with Crippen LogP contribution in [0.3, 0.4) is 0 Å². The standard InChI is InChI=1S/C24H21F3N2O4/c25-24(26,27)20-13-18(14-28-23(20)33)22(32)29-19(10-11-21(30)31)12-15-6-8-17(9-7-15)16-4-2-1-3-5-16/h1-9,13-14,19H,10-12H2,(H,28,33)(H,29,32)(H,30,31). The normalized spacial score (nSPS) is 12.2. The van der Waals surface area contributed by atoms with Gasteiger partial charge in [-0.2, -0.15) is 13.2 Å². The largest absolute Gasteiger partial charge is 0.481 e. The lowest BCUT2D eigenvalue weighted by atomic mass is 9.98. The Hall–Kier alpha value is -3.88. The number of amides is 1. The second-order valence-electron chi connectivity index (χ2n) is 7.50.